The summed E-state index contributed by atoms with van der Waals surface area (Å²) in [6, 6.07) is 2.84. The maximum absolute atomic E-state index is 14.8. The first-order chi connectivity index (χ1) is 20.1. The number of carbonyl (C=O) groups excluding carboxylic acids is 2. The number of halogens is 1. The van der Waals surface area contributed by atoms with Gasteiger partial charge in [-0.25, -0.2) is 14.2 Å². The molecule has 2 aliphatic heterocycles. The molecule has 13 heteroatoms. The molecule has 4 rings (SSSR count). The first-order valence-corrected chi connectivity index (χ1v) is 15.5. The number of hydrogen-bond acceptors (Lipinski definition) is 9. The lowest BCUT2D eigenvalue weighted by atomic mass is 9.98. The summed E-state index contributed by atoms with van der Waals surface area (Å²) >= 11 is 1.72. The van der Waals surface area contributed by atoms with Gasteiger partial charge in [-0.3, -0.25) is 9.59 Å². The molecule has 0 unspecified atom stereocenters. The number of amides is 2. The Bertz CT molecular complexity index is 1270. The molecule has 0 atom stereocenters. The van der Waals surface area contributed by atoms with E-state index in [0.29, 0.717) is 42.3 Å². The number of aromatic amines is 1. The van der Waals surface area contributed by atoms with Crippen LogP contribution >= 0.6 is 11.8 Å². The predicted octanol–water partition coefficient (Wildman–Crippen LogP) is 3.63. The van der Waals surface area contributed by atoms with Gasteiger partial charge in [-0.05, 0) is 52.4 Å². The molecule has 0 aliphatic carbocycles. The van der Waals surface area contributed by atoms with Crippen molar-refractivity contribution in [1.82, 2.24) is 20.2 Å². The molecule has 2 amide bonds. The molecule has 2 aromatic rings. The first kappa shape index (κ1) is 32.0. The van der Waals surface area contributed by atoms with E-state index in [1.54, 1.807) is 43.5 Å². The number of carbonyl (C=O) groups is 2. The van der Waals surface area contributed by atoms with E-state index in [2.05, 4.69) is 15.3 Å². The van der Waals surface area contributed by atoms with Gasteiger partial charge in [-0.2, -0.15) is 11.8 Å². The highest BCUT2D eigenvalue weighted by atomic mass is 32.2. The standard InChI is InChI=1S/C29H41FN4O7S/c1-29(2,3)41-28(37)31-8-13-39-17-25(35)34-9-4-19(5-10-34)16-40-20-14-22(30)26-23(15-20)32-24(33-27(26)36)18-42-21-6-11-38-12-7-21/h14-15,19,21H,4-13,16-18H2,1-3H3,(H,31,37)(H,32,33,36). The molecule has 1 aromatic heterocycles. The average Bonchev–Trinajstić information content (AvgIpc) is 2.94. The predicted molar refractivity (Wildman–Crippen MR) is 157 cm³/mol. The summed E-state index contributed by atoms with van der Waals surface area (Å²) in [5, 5.41) is 2.97. The summed E-state index contributed by atoms with van der Waals surface area (Å²) in [4.78, 5) is 45.7. The third kappa shape index (κ3) is 9.84. The van der Waals surface area contributed by atoms with E-state index in [4.69, 9.17) is 18.9 Å². The fourth-order valence-electron chi connectivity index (χ4n) is 4.79. The fraction of sp³-hybridized carbons (Fsp3) is 0.655. The number of likely N-dealkylation sites (tertiary alicyclic amines) is 1. The van der Waals surface area contributed by atoms with Crippen LogP contribution < -0.4 is 15.6 Å². The van der Waals surface area contributed by atoms with Crippen LogP contribution in [-0.2, 0) is 24.8 Å². The van der Waals surface area contributed by atoms with Gasteiger partial charge < -0.3 is 34.1 Å². The maximum Gasteiger partial charge on any atom is 0.407 e. The van der Waals surface area contributed by atoms with Crippen molar-refractivity contribution in [3.63, 3.8) is 0 Å². The molecule has 2 N–H and O–H groups in total. The van der Waals surface area contributed by atoms with Crippen LogP contribution in [0, 0.1) is 11.7 Å². The minimum Gasteiger partial charge on any atom is -0.493 e. The van der Waals surface area contributed by atoms with Gasteiger partial charge in [0.2, 0.25) is 5.91 Å². The number of hydrogen-bond donors (Lipinski definition) is 2. The molecule has 0 bridgehead atoms. The van der Waals surface area contributed by atoms with Crippen molar-refractivity contribution in [2.24, 2.45) is 5.92 Å². The molecule has 232 valence electrons. The third-order valence-electron chi connectivity index (χ3n) is 7.00. The molecule has 42 heavy (non-hydrogen) atoms. The van der Waals surface area contributed by atoms with E-state index in [-0.39, 0.29) is 42.5 Å². The number of nitrogens with zero attached hydrogens (tertiary/aromatic N) is 2. The average molecular weight is 609 g/mol. The van der Waals surface area contributed by atoms with Gasteiger partial charge in [0.25, 0.3) is 5.56 Å². The number of rotatable bonds is 11. The number of benzene rings is 1. The molecular formula is C29H41FN4O7S. The topological polar surface area (TPSA) is 132 Å². The Labute approximate surface area is 249 Å². The Morgan fingerprint density at radius 1 is 1.19 bits per heavy atom. The van der Waals surface area contributed by atoms with Gasteiger partial charge in [0, 0.05) is 50.2 Å². The lowest BCUT2D eigenvalue weighted by molar-refractivity contribution is -0.137. The van der Waals surface area contributed by atoms with Crippen molar-refractivity contribution < 1.29 is 32.9 Å². The number of aromatic nitrogens is 2. The molecule has 11 nitrogen and oxygen atoms in total. The number of nitrogens with one attached hydrogen (secondary N) is 2. The second-order valence-electron chi connectivity index (χ2n) is 11.6. The van der Waals surface area contributed by atoms with Crippen LogP contribution in [0.25, 0.3) is 10.9 Å². The van der Waals surface area contributed by atoms with Crippen molar-refractivity contribution in [3.05, 3.63) is 34.1 Å². The number of ether oxygens (including phenoxy) is 4. The Morgan fingerprint density at radius 2 is 1.93 bits per heavy atom. The largest absolute Gasteiger partial charge is 0.493 e. The van der Waals surface area contributed by atoms with Crippen LogP contribution in [-0.4, -0.2) is 90.4 Å². The van der Waals surface area contributed by atoms with E-state index < -0.39 is 23.1 Å². The van der Waals surface area contributed by atoms with Gasteiger partial charge in [0.15, 0.2) is 0 Å². The molecule has 0 spiro atoms. The quantitative estimate of drug-likeness (QED) is 0.367. The second-order valence-corrected chi connectivity index (χ2v) is 12.8. The van der Waals surface area contributed by atoms with Crippen LogP contribution in [0.4, 0.5) is 9.18 Å². The minimum atomic E-state index is -0.665. The first-order valence-electron chi connectivity index (χ1n) is 14.4. The maximum atomic E-state index is 14.8. The van der Waals surface area contributed by atoms with E-state index in [1.165, 1.54) is 6.07 Å². The smallest absolute Gasteiger partial charge is 0.407 e. The van der Waals surface area contributed by atoms with Crippen molar-refractivity contribution in [2.75, 3.05) is 52.7 Å². The van der Waals surface area contributed by atoms with Crippen LogP contribution in [0.3, 0.4) is 0 Å². The van der Waals surface area contributed by atoms with Gasteiger partial charge in [-0.15, -0.1) is 0 Å². The highest BCUT2D eigenvalue weighted by Gasteiger charge is 2.24. The third-order valence-corrected chi connectivity index (χ3v) is 8.38. The van der Waals surface area contributed by atoms with Gasteiger partial charge >= 0.3 is 6.09 Å². The summed E-state index contributed by atoms with van der Waals surface area (Å²) in [6.45, 7) is 8.74. The number of H-pyrrole nitrogens is 1. The van der Waals surface area contributed by atoms with Crippen molar-refractivity contribution in [3.8, 4) is 5.75 Å². The number of thioether (sulfide) groups is 1. The van der Waals surface area contributed by atoms with Crippen LogP contribution in [0.5, 0.6) is 5.75 Å². The van der Waals surface area contributed by atoms with Crippen LogP contribution in [0.15, 0.2) is 16.9 Å². The Morgan fingerprint density at radius 3 is 2.64 bits per heavy atom. The molecule has 1 aromatic carbocycles. The summed E-state index contributed by atoms with van der Waals surface area (Å²) in [5.41, 5.74) is -0.792. The number of fused-ring (bicyclic) bond motifs is 1. The van der Waals surface area contributed by atoms with E-state index in [0.717, 1.165) is 38.9 Å². The van der Waals surface area contributed by atoms with Crippen molar-refractivity contribution in [1.29, 1.82) is 0 Å². The lowest BCUT2D eigenvalue weighted by Gasteiger charge is -2.31. The summed E-state index contributed by atoms with van der Waals surface area (Å²) in [5.74, 6) is 0.805. The Balaban J connectivity index is 1.19. The zero-order chi connectivity index (χ0) is 30.1. The molecule has 2 aliphatic rings. The summed E-state index contributed by atoms with van der Waals surface area (Å²) in [6.07, 6.45) is 2.89. The normalized spacial score (nSPS) is 16.9. The zero-order valence-electron chi connectivity index (χ0n) is 24.5. The number of piperidine rings is 1. The molecular weight excluding hydrogens is 567 g/mol. The van der Waals surface area contributed by atoms with Crippen molar-refractivity contribution >= 4 is 34.7 Å². The summed E-state index contributed by atoms with van der Waals surface area (Å²) in [7, 11) is 0. The fourth-order valence-corrected chi connectivity index (χ4v) is 5.85. The SMILES string of the molecule is CC(C)(C)OC(=O)NCCOCC(=O)N1CCC(COc2cc(F)c3c(=O)[nH]c(CSC4CCOCC4)nc3c2)CC1. The second kappa shape index (κ2) is 15.0. The Hall–Kier alpha value is -2.90. The van der Waals surface area contributed by atoms with Crippen LogP contribution in [0.2, 0.25) is 0 Å². The van der Waals surface area contributed by atoms with Gasteiger partial charge in [-0.1, -0.05) is 0 Å². The molecule has 3 heterocycles. The number of alkyl carbamates (subject to hydrolysis) is 1. The molecule has 0 saturated carbocycles. The lowest BCUT2D eigenvalue weighted by Crippen LogP contribution is -2.41. The Kier molecular flexibility index (Phi) is 11.4. The zero-order valence-corrected chi connectivity index (χ0v) is 25.4. The highest BCUT2D eigenvalue weighted by molar-refractivity contribution is 7.99. The van der Waals surface area contributed by atoms with E-state index >= 15 is 0 Å². The van der Waals surface area contributed by atoms with Crippen molar-refractivity contribution in [2.45, 2.75) is 63.1 Å². The minimum absolute atomic E-state index is 0.0603. The molecule has 2 fully saturated rings. The summed E-state index contributed by atoms with van der Waals surface area (Å²) < 4.78 is 36.7. The van der Waals surface area contributed by atoms with Gasteiger partial charge in [0.1, 0.15) is 35.0 Å². The molecule has 2 saturated heterocycles. The molecule has 0 radical (unpaired) electrons. The highest BCUT2D eigenvalue weighted by Crippen LogP contribution is 2.27. The van der Waals surface area contributed by atoms with Gasteiger partial charge in [0.05, 0.1) is 24.5 Å². The van der Waals surface area contributed by atoms with E-state index in [1.807, 2.05) is 0 Å². The van der Waals surface area contributed by atoms with E-state index in [9.17, 15) is 18.8 Å². The van der Waals surface area contributed by atoms with Crippen LogP contribution in [0.1, 0.15) is 52.3 Å². The monoisotopic (exact) mass is 608 g/mol.